The monoisotopic (exact) mass is 460 g/mol. The molecule has 3 amide bonds. The SMILES string of the molecule is CCCCN1C(=O)c2ccc(C(=O)N3CCN(c4ccc(C(F)(F)F)cn4)CC3)cc2C1=O. The van der Waals surface area contributed by atoms with Crippen molar-refractivity contribution in [3.63, 3.8) is 0 Å². The lowest BCUT2D eigenvalue weighted by Crippen LogP contribution is -2.49. The highest BCUT2D eigenvalue weighted by Gasteiger charge is 2.36. The van der Waals surface area contributed by atoms with E-state index in [0.29, 0.717) is 49.7 Å². The number of anilines is 1. The van der Waals surface area contributed by atoms with Crippen LogP contribution in [0.3, 0.4) is 0 Å². The third-order valence-electron chi connectivity index (χ3n) is 5.92. The number of piperazine rings is 1. The van der Waals surface area contributed by atoms with E-state index in [1.807, 2.05) is 11.8 Å². The van der Waals surface area contributed by atoms with E-state index in [1.54, 1.807) is 11.0 Å². The van der Waals surface area contributed by atoms with Crippen molar-refractivity contribution in [3.8, 4) is 0 Å². The maximum absolute atomic E-state index is 13.0. The number of carbonyl (C=O) groups is 3. The van der Waals surface area contributed by atoms with Crippen molar-refractivity contribution in [3.05, 3.63) is 58.8 Å². The van der Waals surface area contributed by atoms with Gasteiger partial charge in [-0.1, -0.05) is 13.3 Å². The number of alkyl halides is 3. The summed E-state index contributed by atoms with van der Waals surface area (Å²) in [7, 11) is 0. The maximum atomic E-state index is 13.0. The smallest absolute Gasteiger partial charge is 0.353 e. The summed E-state index contributed by atoms with van der Waals surface area (Å²) in [4.78, 5) is 46.7. The first-order chi connectivity index (χ1) is 15.7. The van der Waals surface area contributed by atoms with Gasteiger partial charge in [-0.05, 0) is 36.8 Å². The fraction of sp³-hybridized carbons (Fsp3) is 0.391. The van der Waals surface area contributed by atoms with Gasteiger partial charge in [-0.2, -0.15) is 13.2 Å². The van der Waals surface area contributed by atoms with Gasteiger partial charge in [-0.25, -0.2) is 4.98 Å². The van der Waals surface area contributed by atoms with Gasteiger partial charge in [0.2, 0.25) is 0 Å². The van der Waals surface area contributed by atoms with Gasteiger partial charge in [0.15, 0.2) is 0 Å². The molecule has 1 aromatic heterocycles. The Morgan fingerprint density at radius 1 is 1.00 bits per heavy atom. The fourth-order valence-corrected chi connectivity index (χ4v) is 4.01. The fourth-order valence-electron chi connectivity index (χ4n) is 4.01. The predicted octanol–water partition coefficient (Wildman–Crippen LogP) is 3.46. The summed E-state index contributed by atoms with van der Waals surface area (Å²) in [6.07, 6.45) is -2.06. The molecule has 0 aliphatic carbocycles. The van der Waals surface area contributed by atoms with E-state index in [-0.39, 0.29) is 23.3 Å². The molecule has 0 radical (unpaired) electrons. The van der Waals surface area contributed by atoms with E-state index < -0.39 is 11.7 Å². The molecule has 0 atom stereocenters. The summed E-state index contributed by atoms with van der Waals surface area (Å²) in [6, 6.07) is 6.88. The van der Waals surface area contributed by atoms with Crippen molar-refractivity contribution in [1.29, 1.82) is 0 Å². The molecule has 174 valence electrons. The Labute approximate surface area is 188 Å². The van der Waals surface area contributed by atoms with Crippen LogP contribution in [-0.2, 0) is 6.18 Å². The quantitative estimate of drug-likeness (QED) is 0.639. The molecule has 0 unspecified atom stereocenters. The van der Waals surface area contributed by atoms with Gasteiger partial charge < -0.3 is 9.80 Å². The summed E-state index contributed by atoms with van der Waals surface area (Å²) >= 11 is 0. The third kappa shape index (κ3) is 4.42. The van der Waals surface area contributed by atoms with Gasteiger partial charge in [0.25, 0.3) is 17.7 Å². The number of halogens is 3. The number of unbranched alkanes of at least 4 members (excludes halogenated alkanes) is 1. The molecular formula is C23H23F3N4O3. The number of hydrogen-bond donors (Lipinski definition) is 0. The first-order valence-corrected chi connectivity index (χ1v) is 10.8. The molecule has 10 heteroatoms. The molecule has 0 N–H and O–H groups in total. The Kier molecular flexibility index (Phi) is 6.09. The minimum atomic E-state index is -4.44. The van der Waals surface area contributed by atoms with E-state index in [0.717, 1.165) is 25.1 Å². The van der Waals surface area contributed by atoms with Crippen LogP contribution in [-0.4, -0.2) is 65.2 Å². The lowest BCUT2D eigenvalue weighted by atomic mass is 10.0. The molecule has 1 saturated heterocycles. The molecular weight excluding hydrogens is 437 g/mol. The Morgan fingerprint density at radius 2 is 1.70 bits per heavy atom. The number of imide groups is 1. The van der Waals surface area contributed by atoms with Crippen LogP contribution in [0.5, 0.6) is 0 Å². The largest absolute Gasteiger partial charge is 0.417 e. The molecule has 1 fully saturated rings. The molecule has 2 aliphatic heterocycles. The average Bonchev–Trinajstić information content (AvgIpc) is 3.06. The van der Waals surface area contributed by atoms with Crippen LogP contribution in [0.25, 0.3) is 0 Å². The number of pyridine rings is 1. The molecule has 0 bridgehead atoms. The number of rotatable bonds is 5. The molecule has 7 nitrogen and oxygen atoms in total. The lowest BCUT2D eigenvalue weighted by Gasteiger charge is -2.35. The zero-order valence-electron chi connectivity index (χ0n) is 18.1. The van der Waals surface area contributed by atoms with Crippen LogP contribution in [0.2, 0.25) is 0 Å². The van der Waals surface area contributed by atoms with E-state index in [2.05, 4.69) is 4.98 Å². The van der Waals surface area contributed by atoms with Gasteiger partial charge in [0, 0.05) is 44.5 Å². The standard InChI is InChI=1S/C23H23F3N4O3/c1-2-3-8-30-21(32)17-6-4-15(13-18(17)22(30)33)20(31)29-11-9-28(10-12-29)19-7-5-16(14-27-19)23(24,25)26/h4-7,13-14H,2-3,8-12H2,1H3. The van der Waals surface area contributed by atoms with Crippen LogP contribution in [0.1, 0.15) is 56.4 Å². The second-order valence-corrected chi connectivity index (χ2v) is 8.06. The minimum absolute atomic E-state index is 0.245. The second-order valence-electron chi connectivity index (χ2n) is 8.06. The van der Waals surface area contributed by atoms with Crippen LogP contribution < -0.4 is 4.90 Å². The molecule has 2 aromatic rings. The molecule has 4 rings (SSSR count). The average molecular weight is 460 g/mol. The van der Waals surface area contributed by atoms with Crippen LogP contribution >= 0.6 is 0 Å². The van der Waals surface area contributed by atoms with E-state index in [4.69, 9.17) is 0 Å². The van der Waals surface area contributed by atoms with Gasteiger partial charge >= 0.3 is 6.18 Å². The molecule has 0 saturated carbocycles. The number of aromatic nitrogens is 1. The summed E-state index contributed by atoms with van der Waals surface area (Å²) in [5.41, 5.74) is 0.0757. The molecule has 2 aliphatic rings. The van der Waals surface area contributed by atoms with E-state index in [9.17, 15) is 27.6 Å². The maximum Gasteiger partial charge on any atom is 0.417 e. The van der Waals surface area contributed by atoms with E-state index >= 15 is 0 Å². The van der Waals surface area contributed by atoms with Crippen LogP contribution in [0.15, 0.2) is 36.5 Å². The number of fused-ring (bicyclic) bond motifs is 1. The number of amides is 3. The molecule has 1 aromatic carbocycles. The van der Waals surface area contributed by atoms with E-state index in [1.165, 1.54) is 23.1 Å². The van der Waals surface area contributed by atoms with Crippen molar-refractivity contribution >= 4 is 23.5 Å². The van der Waals surface area contributed by atoms with Crippen molar-refractivity contribution in [2.24, 2.45) is 0 Å². The molecule has 3 heterocycles. The minimum Gasteiger partial charge on any atom is -0.353 e. The summed E-state index contributed by atoms with van der Waals surface area (Å²) in [5.74, 6) is -0.551. The summed E-state index contributed by atoms with van der Waals surface area (Å²) in [5, 5.41) is 0. The normalized spacial score (nSPS) is 16.4. The lowest BCUT2D eigenvalue weighted by molar-refractivity contribution is -0.137. The van der Waals surface area contributed by atoms with Gasteiger partial charge in [0.1, 0.15) is 5.82 Å². The van der Waals surface area contributed by atoms with Gasteiger partial charge in [0.05, 0.1) is 16.7 Å². The zero-order valence-corrected chi connectivity index (χ0v) is 18.1. The van der Waals surface area contributed by atoms with Crippen LogP contribution in [0, 0.1) is 0 Å². The Morgan fingerprint density at radius 3 is 2.30 bits per heavy atom. The molecule has 33 heavy (non-hydrogen) atoms. The van der Waals surface area contributed by atoms with Crippen molar-refractivity contribution < 1.29 is 27.6 Å². The number of carbonyl (C=O) groups excluding carboxylic acids is 3. The summed E-state index contributed by atoms with van der Waals surface area (Å²) < 4.78 is 38.2. The number of nitrogens with zero attached hydrogens (tertiary/aromatic N) is 4. The second kappa shape index (κ2) is 8.84. The third-order valence-corrected chi connectivity index (χ3v) is 5.92. The Hall–Kier alpha value is -3.43. The van der Waals surface area contributed by atoms with Gasteiger partial charge in [-0.3, -0.25) is 19.3 Å². The Balaban J connectivity index is 1.41. The highest BCUT2D eigenvalue weighted by atomic mass is 19.4. The van der Waals surface area contributed by atoms with Gasteiger partial charge in [-0.15, -0.1) is 0 Å². The highest BCUT2D eigenvalue weighted by molar-refractivity contribution is 6.22. The molecule has 0 spiro atoms. The first kappa shape index (κ1) is 22.8. The van der Waals surface area contributed by atoms with Crippen molar-refractivity contribution in [1.82, 2.24) is 14.8 Å². The predicted molar refractivity (Wildman–Crippen MR) is 114 cm³/mol. The number of benzene rings is 1. The topological polar surface area (TPSA) is 73.8 Å². The summed E-state index contributed by atoms with van der Waals surface area (Å²) in [6.45, 7) is 3.87. The van der Waals surface area contributed by atoms with Crippen LogP contribution in [0.4, 0.5) is 19.0 Å². The van der Waals surface area contributed by atoms with Crippen molar-refractivity contribution in [2.75, 3.05) is 37.6 Å². The zero-order chi connectivity index (χ0) is 23.8. The number of hydrogen-bond acceptors (Lipinski definition) is 5. The first-order valence-electron chi connectivity index (χ1n) is 10.8. The van der Waals surface area contributed by atoms with Crippen molar-refractivity contribution in [2.45, 2.75) is 25.9 Å². The Bertz CT molecular complexity index is 1080. The highest BCUT2D eigenvalue weighted by Crippen LogP contribution is 2.30.